The lowest BCUT2D eigenvalue weighted by atomic mass is 9.77. The monoisotopic (exact) mass is 314 g/mol. The average molecular weight is 315 g/mol. The second-order valence-corrected chi connectivity index (χ2v) is 7.37. The van der Waals surface area contributed by atoms with E-state index in [1.54, 1.807) is 0 Å². The van der Waals surface area contributed by atoms with Crippen molar-refractivity contribution in [2.45, 2.75) is 56.7 Å². The molecule has 0 bridgehead atoms. The SMILES string of the molecule is CCCC1CCC(Br)C(CCc2ccsc2)C1. The maximum absolute atomic E-state index is 3.90. The van der Waals surface area contributed by atoms with Crippen LogP contribution in [0.4, 0.5) is 0 Å². The third-order valence-corrected chi connectivity index (χ3v) is 6.02. The standard InChI is InChI=1S/C15H23BrS/c1-2-3-12-5-7-15(16)14(10-12)6-4-13-8-9-17-11-13/h8-9,11-12,14-15H,2-7,10H2,1H3. The van der Waals surface area contributed by atoms with Crippen LogP contribution in [0.2, 0.25) is 0 Å². The summed E-state index contributed by atoms with van der Waals surface area (Å²) < 4.78 is 0. The number of halogens is 1. The van der Waals surface area contributed by atoms with E-state index in [1.807, 2.05) is 11.3 Å². The molecule has 0 aromatic carbocycles. The van der Waals surface area contributed by atoms with Crippen LogP contribution in [0.1, 0.15) is 51.0 Å². The van der Waals surface area contributed by atoms with Crippen LogP contribution in [-0.2, 0) is 6.42 Å². The molecule has 17 heavy (non-hydrogen) atoms. The van der Waals surface area contributed by atoms with Gasteiger partial charge in [-0.3, -0.25) is 0 Å². The van der Waals surface area contributed by atoms with Crippen molar-refractivity contribution in [3.05, 3.63) is 22.4 Å². The van der Waals surface area contributed by atoms with Crippen LogP contribution in [0.5, 0.6) is 0 Å². The van der Waals surface area contributed by atoms with Crippen molar-refractivity contribution < 1.29 is 0 Å². The Labute approximate surface area is 118 Å². The van der Waals surface area contributed by atoms with E-state index in [9.17, 15) is 0 Å². The highest BCUT2D eigenvalue weighted by atomic mass is 79.9. The Kier molecular flexibility index (Phi) is 5.55. The van der Waals surface area contributed by atoms with Gasteiger partial charge >= 0.3 is 0 Å². The van der Waals surface area contributed by atoms with E-state index < -0.39 is 0 Å². The van der Waals surface area contributed by atoms with E-state index in [1.165, 1.54) is 50.5 Å². The Hall–Kier alpha value is 0.180. The Morgan fingerprint density at radius 3 is 2.94 bits per heavy atom. The molecule has 0 saturated heterocycles. The topological polar surface area (TPSA) is 0 Å². The van der Waals surface area contributed by atoms with E-state index >= 15 is 0 Å². The maximum Gasteiger partial charge on any atom is 0.0174 e. The minimum absolute atomic E-state index is 0.772. The first-order chi connectivity index (χ1) is 8.29. The Bertz CT molecular complexity index is 307. The van der Waals surface area contributed by atoms with Crippen LogP contribution in [0.25, 0.3) is 0 Å². The van der Waals surface area contributed by atoms with Gasteiger partial charge in [-0.05, 0) is 66.3 Å². The van der Waals surface area contributed by atoms with Crippen LogP contribution >= 0.6 is 27.3 Å². The molecule has 0 aliphatic heterocycles. The second-order valence-electron chi connectivity index (χ2n) is 5.41. The smallest absolute Gasteiger partial charge is 0.0174 e. The largest absolute Gasteiger partial charge is 0.152 e. The maximum atomic E-state index is 3.90. The van der Waals surface area contributed by atoms with E-state index in [2.05, 4.69) is 39.7 Å². The van der Waals surface area contributed by atoms with Crippen molar-refractivity contribution in [2.75, 3.05) is 0 Å². The fraction of sp³-hybridized carbons (Fsp3) is 0.733. The molecule has 0 nitrogen and oxygen atoms in total. The van der Waals surface area contributed by atoms with Crippen LogP contribution in [-0.4, -0.2) is 4.83 Å². The number of hydrogen-bond acceptors (Lipinski definition) is 1. The number of thiophene rings is 1. The average Bonchev–Trinajstić information content (AvgIpc) is 2.83. The molecule has 1 heterocycles. The lowest BCUT2D eigenvalue weighted by molar-refractivity contribution is 0.254. The quantitative estimate of drug-likeness (QED) is 0.615. The van der Waals surface area contributed by atoms with E-state index in [-0.39, 0.29) is 0 Å². The summed E-state index contributed by atoms with van der Waals surface area (Å²) in [6, 6.07) is 2.28. The molecule has 1 aliphatic carbocycles. The van der Waals surface area contributed by atoms with Crippen LogP contribution < -0.4 is 0 Å². The molecule has 3 unspecified atom stereocenters. The van der Waals surface area contributed by atoms with Gasteiger partial charge in [0.1, 0.15) is 0 Å². The Morgan fingerprint density at radius 2 is 2.24 bits per heavy atom. The molecule has 1 saturated carbocycles. The number of aryl methyl sites for hydroxylation is 1. The molecule has 0 spiro atoms. The van der Waals surface area contributed by atoms with Gasteiger partial charge in [-0.2, -0.15) is 11.3 Å². The zero-order valence-electron chi connectivity index (χ0n) is 10.7. The van der Waals surface area contributed by atoms with Gasteiger partial charge in [-0.25, -0.2) is 0 Å². The van der Waals surface area contributed by atoms with Crippen molar-refractivity contribution >= 4 is 27.3 Å². The third-order valence-electron chi connectivity index (χ3n) is 4.08. The predicted octanol–water partition coefficient (Wildman–Crippen LogP) is 5.66. The van der Waals surface area contributed by atoms with Crippen LogP contribution in [0.3, 0.4) is 0 Å². The first-order valence-electron chi connectivity index (χ1n) is 6.94. The summed E-state index contributed by atoms with van der Waals surface area (Å²) in [5.74, 6) is 1.90. The van der Waals surface area contributed by atoms with Gasteiger partial charge in [0.15, 0.2) is 0 Å². The van der Waals surface area contributed by atoms with Crippen LogP contribution in [0, 0.1) is 11.8 Å². The molecular weight excluding hydrogens is 292 g/mol. The molecular formula is C15H23BrS. The molecule has 0 N–H and O–H groups in total. The molecule has 1 aromatic heterocycles. The lowest BCUT2D eigenvalue weighted by Crippen LogP contribution is -2.25. The fourth-order valence-corrected chi connectivity index (χ4v) is 4.53. The molecule has 0 radical (unpaired) electrons. The highest BCUT2D eigenvalue weighted by Gasteiger charge is 2.27. The highest BCUT2D eigenvalue weighted by Crippen LogP contribution is 2.38. The van der Waals surface area contributed by atoms with Gasteiger partial charge in [-0.15, -0.1) is 0 Å². The van der Waals surface area contributed by atoms with Gasteiger partial charge < -0.3 is 0 Å². The number of alkyl halides is 1. The molecule has 96 valence electrons. The zero-order chi connectivity index (χ0) is 12.1. The first-order valence-corrected chi connectivity index (χ1v) is 8.80. The predicted molar refractivity (Wildman–Crippen MR) is 81.1 cm³/mol. The minimum Gasteiger partial charge on any atom is -0.152 e. The fourth-order valence-electron chi connectivity index (χ4n) is 3.08. The summed E-state index contributed by atoms with van der Waals surface area (Å²) in [7, 11) is 0. The van der Waals surface area contributed by atoms with Crippen molar-refractivity contribution in [1.82, 2.24) is 0 Å². The van der Waals surface area contributed by atoms with E-state index in [0.29, 0.717) is 0 Å². The second kappa shape index (κ2) is 6.94. The number of rotatable bonds is 5. The summed E-state index contributed by atoms with van der Waals surface area (Å²) in [5.41, 5.74) is 1.53. The van der Waals surface area contributed by atoms with Crippen molar-refractivity contribution in [3.8, 4) is 0 Å². The molecule has 1 aromatic rings. The molecule has 1 fully saturated rings. The van der Waals surface area contributed by atoms with E-state index in [4.69, 9.17) is 0 Å². The molecule has 0 amide bonds. The van der Waals surface area contributed by atoms with E-state index in [0.717, 1.165) is 16.7 Å². The van der Waals surface area contributed by atoms with Gasteiger partial charge in [0.2, 0.25) is 0 Å². The molecule has 1 aliphatic rings. The summed E-state index contributed by atoms with van der Waals surface area (Å²) in [5, 5.41) is 4.50. The zero-order valence-corrected chi connectivity index (χ0v) is 13.1. The molecule has 2 heteroatoms. The van der Waals surface area contributed by atoms with Gasteiger partial charge in [0.25, 0.3) is 0 Å². The summed E-state index contributed by atoms with van der Waals surface area (Å²) in [4.78, 5) is 0.772. The summed E-state index contributed by atoms with van der Waals surface area (Å²) in [6.07, 6.45) is 9.72. The van der Waals surface area contributed by atoms with Crippen molar-refractivity contribution in [3.63, 3.8) is 0 Å². The molecule has 2 rings (SSSR count). The Morgan fingerprint density at radius 1 is 1.35 bits per heavy atom. The van der Waals surface area contributed by atoms with Gasteiger partial charge in [0.05, 0.1) is 0 Å². The van der Waals surface area contributed by atoms with Gasteiger partial charge in [0, 0.05) is 4.83 Å². The first kappa shape index (κ1) is 13.6. The van der Waals surface area contributed by atoms with Crippen LogP contribution in [0.15, 0.2) is 16.8 Å². The normalized spacial score (nSPS) is 29.4. The summed E-state index contributed by atoms with van der Waals surface area (Å²) in [6.45, 7) is 2.32. The number of hydrogen-bond donors (Lipinski definition) is 0. The lowest BCUT2D eigenvalue weighted by Gasteiger charge is -2.33. The molecule has 3 atom stereocenters. The third kappa shape index (κ3) is 4.10. The van der Waals surface area contributed by atoms with Gasteiger partial charge in [-0.1, -0.05) is 35.7 Å². The highest BCUT2D eigenvalue weighted by molar-refractivity contribution is 9.09. The van der Waals surface area contributed by atoms with Crippen molar-refractivity contribution in [1.29, 1.82) is 0 Å². The summed E-state index contributed by atoms with van der Waals surface area (Å²) >= 11 is 5.72. The Balaban J connectivity index is 1.81. The minimum atomic E-state index is 0.772. The van der Waals surface area contributed by atoms with Crippen molar-refractivity contribution in [2.24, 2.45) is 11.8 Å².